The molecule has 1 heterocycles. The van der Waals surface area contributed by atoms with Crippen LogP contribution >= 0.6 is 0 Å². The van der Waals surface area contributed by atoms with E-state index in [9.17, 15) is 4.79 Å². The quantitative estimate of drug-likeness (QED) is 0.736. The fraction of sp³-hybridized carbons (Fsp3) is 0.769. The summed E-state index contributed by atoms with van der Waals surface area (Å²) in [4.78, 5) is 13.6. The molecule has 1 aliphatic carbocycles. The number of carbonyl (C=O) groups is 1. The molecule has 0 aromatic rings. The third kappa shape index (κ3) is 3.08. The van der Waals surface area contributed by atoms with Crippen molar-refractivity contribution in [2.24, 2.45) is 17.6 Å². The molecule has 2 atom stereocenters. The number of carbonyl (C=O) groups excluding carboxylic acids is 1. The molecule has 0 saturated carbocycles. The van der Waals surface area contributed by atoms with E-state index in [4.69, 9.17) is 5.73 Å². The van der Waals surface area contributed by atoms with E-state index >= 15 is 0 Å². The summed E-state index contributed by atoms with van der Waals surface area (Å²) >= 11 is 0. The zero-order valence-corrected chi connectivity index (χ0v) is 9.90. The summed E-state index contributed by atoms with van der Waals surface area (Å²) < 4.78 is 0. The van der Waals surface area contributed by atoms with Crippen LogP contribution in [0.2, 0.25) is 0 Å². The van der Waals surface area contributed by atoms with Crippen LogP contribution in [0.15, 0.2) is 12.2 Å². The number of piperidine rings is 1. The minimum atomic E-state index is -0.117. The normalized spacial score (nSPS) is 31.5. The van der Waals surface area contributed by atoms with Crippen LogP contribution in [0, 0.1) is 11.8 Å². The Labute approximate surface area is 97.7 Å². The van der Waals surface area contributed by atoms with Crippen molar-refractivity contribution in [1.29, 1.82) is 0 Å². The van der Waals surface area contributed by atoms with Crippen molar-refractivity contribution >= 4 is 5.91 Å². The fourth-order valence-corrected chi connectivity index (χ4v) is 2.84. The van der Waals surface area contributed by atoms with E-state index in [0.717, 1.165) is 38.4 Å². The van der Waals surface area contributed by atoms with Crippen molar-refractivity contribution in [2.45, 2.75) is 32.1 Å². The van der Waals surface area contributed by atoms with E-state index in [0.29, 0.717) is 0 Å². The number of hydrogen-bond acceptors (Lipinski definition) is 2. The smallest absolute Gasteiger partial charge is 0.221 e. The van der Waals surface area contributed by atoms with Gasteiger partial charge in [0.2, 0.25) is 5.91 Å². The van der Waals surface area contributed by atoms with Crippen LogP contribution in [-0.2, 0) is 4.79 Å². The van der Waals surface area contributed by atoms with E-state index in [1.807, 2.05) is 0 Å². The van der Waals surface area contributed by atoms with Gasteiger partial charge in [0, 0.05) is 13.1 Å². The van der Waals surface area contributed by atoms with Gasteiger partial charge in [0.15, 0.2) is 0 Å². The topological polar surface area (TPSA) is 46.3 Å². The molecule has 16 heavy (non-hydrogen) atoms. The Morgan fingerprint density at radius 1 is 1.38 bits per heavy atom. The van der Waals surface area contributed by atoms with Crippen molar-refractivity contribution in [2.75, 3.05) is 19.6 Å². The van der Waals surface area contributed by atoms with Crippen molar-refractivity contribution < 1.29 is 4.79 Å². The van der Waals surface area contributed by atoms with Gasteiger partial charge in [-0.25, -0.2) is 0 Å². The predicted octanol–water partition coefficient (Wildman–Crippen LogP) is 1.54. The fourth-order valence-electron chi connectivity index (χ4n) is 2.84. The van der Waals surface area contributed by atoms with Crippen LogP contribution in [-0.4, -0.2) is 30.4 Å². The Morgan fingerprint density at radius 2 is 2.25 bits per heavy atom. The van der Waals surface area contributed by atoms with Gasteiger partial charge in [-0.1, -0.05) is 12.2 Å². The zero-order valence-electron chi connectivity index (χ0n) is 9.90. The lowest BCUT2D eigenvalue weighted by atomic mass is 9.91. The highest BCUT2D eigenvalue weighted by molar-refractivity contribution is 5.76. The molecule has 3 heteroatoms. The highest BCUT2D eigenvalue weighted by Gasteiger charge is 2.25. The van der Waals surface area contributed by atoms with Crippen LogP contribution in [0.3, 0.4) is 0 Å². The van der Waals surface area contributed by atoms with Crippen molar-refractivity contribution in [3.8, 4) is 0 Å². The van der Waals surface area contributed by atoms with E-state index in [2.05, 4.69) is 17.1 Å². The molecule has 1 aliphatic heterocycles. The summed E-state index contributed by atoms with van der Waals surface area (Å²) in [5.74, 6) is 0.762. The molecular weight excluding hydrogens is 200 g/mol. The predicted molar refractivity (Wildman–Crippen MR) is 64.8 cm³/mol. The van der Waals surface area contributed by atoms with Crippen LogP contribution in [0.25, 0.3) is 0 Å². The van der Waals surface area contributed by atoms with Gasteiger partial charge in [-0.15, -0.1) is 0 Å². The average Bonchev–Trinajstić information content (AvgIpc) is 2.30. The first-order valence-electron chi connectivity index (χ1n) is 6.42. The monoisotopic (exact) mass is 222 g/mol. The molecule has 0 radical (unpaired) electrons. The van der Waals surface area contributed by atoms with Gasteiger partial charge in [0.05, 0.1) is 5.92 Å². The molecule has 0 bridgehead atoms. The highest BCUT2D eigenvalue weighted by Crippen LogP contribution is 2.22. The maximum absolute atomic E-state index is 11.2. The second-order valence-corrected chi connectivity index (χ2v) is 5.15. The number of hydrogen-bond donors (Lipinski definition) is 1. The largest absolute Gasteiger partial charge is 0.369 e. The molecule has 2 N–H and O–H groups in total. The average molecular weight is 222 g/mol. The maximum atomic E-state index is 11.2. The van der Waals surface area contributed by atoms with E-state index in [1.54, 1.807) is 0 Å². The Kier molecular flexibility index (Phi) is 3.99. The number of allylic oxidation sites excluding steroid dienone is 2. The summed E-state index contributed by atoms with van der Waals surface area (Å²) in [6, 6.07) is 0. The first kappa shape index (κ1) is 11.6. The van der Waals surface area contributed by atoms with E-state index < -0.39 is 0 Å². The van der Waals surface area contributed by atoms with Crippen LogP contribution < -0.4 is 5.73 Å². The van der Waals surface area contributed by atoms with Gasteiger partial charge >= 0.3 is 0 Å². The molecule has 2 rings (SSSR count). The Hall–Kier alpha value is -0.830. The number of nitrogens with two attached hydrogens (primary N) is 1. The van der Waals surface area contributed by atoms with Gasteiger partial charge < -0.3 is 10.6 Å². The Balaban J connectivity index is 1.80. The summed E-state index contributed by atoms with van der Waals surface area (Å²) in [5.41, 5.74) is 5.39. The van der Waals surface area contributed by atoms with Crippen LogP contribution in [0.1, 0.15) is 32.1 Å². The molecule has 90 valence electrons. The van der Waals surface area contributed by atoms with Gasteiger partial charge in [0.1, 0.15) is 0 Å². The molecule has 0 aromatic carbocycles. The van der Waals surface area contributed by atoms with Gasteiger partial charge in [-0.2, -0.15) is 0 Å². The highest BCUT2D eigenvalue weighted by atomic mass is 16.1. The molecule has 1 amide bonds. The number of nitrogens with zero attached hydrogens (tertiary/aromatic N) is 1. The molecular formula is C13H22N2O. The lowest BCUT2D eigenvalue weighted by Gasteiger charge is -2.34. The molecule has 2 unspecified atom stereocenters. The molecule has 1 fully saturated rings. The summed E-state index contributed by atoms with van der Waals surface area (Å²) in [7, 11) is 0. The first-order chi connectivity index (χ1) is 7.75. The molecule has 2 aliphatic rings. The molecule has 0 spiro atoms. The number of primary amides is 1. The molecule has 0 aromatic heterocycles. The van der Waals surface area contributed by atoms with Gasteiger partial charge in [0.25, 0.3) is 0 Å². The molecule has 1 saturated heterocycles. The van der Waals surface area contributed by atoms with Gasteiger partial charge in [-0.05, 0) is 44.6 Å². The first-order valence-corrected chi connectivity index (χ1v) is 6.42. The van der Waals surface area contributed by atoms with E-state index in [1.165, 1.54) is 19.3 Å². The zero-order chi connectivity index (χ0) is 11.4. The van der Waals surface area contributed by atoms with Crippen LogP contribution in [0.5, 0.6) is 0 Å². The number of amides is 1. The van der Waals surface area contributed by atoms with Crippen LogP contribution in [0.4, 0.5) is 0 Å². The summed E-state index contributed by atoms with van der Waals surface area (Å²) in [6.07, 6.45) is 10.4. The van der Waals surface area contributed by atoms with Gasteiger partial charge in [-0.3, -0.25) is 4.79 Å². The lowest BCUT2D eigenvalue weighted by Crippen LogP contribution is -2.43. The third-order valence-corrected chi connectivity index (χ3v) is 3.80. The van der Waals surface area contributed by atoms with Crippen molar-refractivity contribution in [1.82, 2.24) is 4.90 Å². The minimum Gasteiger partial charge on any atom is -0.369 e. The summed E-state index contributed by atoms with van der Waals surface area (Å²) in [5, 5.41) is 0. The standard InChI is InChI=1S/C13H22N2O/c14-13(16)12-7-4-8-15(10-12)9-11-5-2-1-3-6-11/h1-2,11-12H,3-10H2,(H2,14,16). The second-order valence-electron chi connectivity index (χ2n) is 5.15. The maximum Gasteiger partial charge on any atom is 0.221 e. The van der Waals surface area contributed by atoms with E-state index in [-0.39, 0.29) is 11.8 Å². The number of rotatable bonds is 3. The number of likely N-dealkylation sites (tertiary alicyclic amines) is 1. The SMILES string of the molecule is NC(=O)C1CCCN(CC2CC=CCC2)C1. The molecule has 3 nitrogen and oxygen atoms in total. The van der Waals surface area contributed by atoms with Crippen molar-refractivity contribution in [3.05, 3.63) is 12.2 Å². The summed E-state index contributed by atoms with van der Waals surface area (Å²) in [6.45, 7) is 3.17. The Morgan fingerprint density at radius 3 is 2.94 bits per heavy atom. The van der Waals surface area contributed by atoms with Crippen molar-refractivity contribution in [3.63, 3.8) is 0 Å². The third-order valence-electron chi connectivity index (χ3n) is 3.80. The lowest BCUT2D eigenvalue weighted by molar-refractivity contribution is -0.123. The Bertz CT molecular complexity index is 275. The second kappa shape index (κ2) is 5.48. The minimum absolute atomic E-state index is 0.0906.